The molecule has 0 radical (unpaired) electrons. The summed E-state index contributed by atoms with van der Waals surface area (Å²) in [5.41, 5.74) is 0.565. The fraction of sp³-hybridized carbons (Fsp3) is 0.222. The molecule has 0 spiro atoms. The molecule has 4 heteroatoms. The quantitative estimate of drug-likeness (QED) is 0.639. The Morgan fingerprint density at radius 1 is 1.46 bits per heavy atom. The molecule has 1 aromatic carbocycles. The number of carbonyl (C=O) groups excluding carboxylic acids is 1. The Labute approximate surface area is 81.8 Å². The summed E-state index contributed by atoms with van der Waals surface area (Å²) in [5.74, 6) is 0.517. The Morgan fingerprint density at radius 3 is 2.92 bits per heavy atom. The summed E-state index contributed by atoms with van der Waals surface area (Å²) < 4.78 is 6.72. The van der Waals surface area contributed by atoms with Crippen LogP contribution >= 0.6 is 12.8 Å². The molecule has 0 N–H and O–H groups in total. The highest BCUT2D eigenvalue weighted by Crippen LogP contribution is 2.27. The third kappa shape index (κ3) is 1.27. The van der Waals surface area contributed by atoms with Crippen LogP contribution in [0, 0.1) is 0 Å². The van der Waals surface area contributed by atoms with Gasteiger partial charge in [0.25, 0.3) is 5.91 Å². The van der Waals surface area contributed by atoms with Crippen molar-refractivity contribution in [2.75, 3.05) is 0 Å². The average Bonchev–Trinajstić information content (AvgIpc) is 2.15. The van der Waals surface area contributed by atoms with E-state index in [0.29, 0.717) is 11.3 Å². The molecule has 1 unspecified atom stereocenters. The van der Waals surface area contributed by atoms with Crippen LogP contribution in [0.1, 0.15) is 17.3 Å². The number of hydrogen-bond donors (Lipinski definition) is 1. The van der Waals surface area contributed by atoms with Gasteiger partial charge in [-0.3, -0.25) is 4.79 Å². The van der Waals surface area contributed by atoms with Crippen molar-refractivity contribution in [2.45, 2.75) is 13.2 Å². The van der Waals surface area contributed by atoms with E-state index in [9.17, 15) is 4.79 Å². The van der Waals surface area contributed by atoms with Crippen molar-refractivity contribution in [3.8, 4) is 5.75 Å². The van der Waals surface area contributed by atoms with Crippen LogP contribution in [0.15, 0.2) is 24.3 Å². The Kier molecular flexibility index (Phi) is 1.92. The lowest BCUT2D eigenvalue weighted by atomic mass is 10.1. The smallest absolute Gasteiger partial charge is 0.270 e. The predicted octanol–water partition coefficient (Wildman–Crippen LogP) is 1.71. The van der Waals surface area contributed by atoms with Gasteiger partial charge in [-0.25, -0.2) is 4.31 Å². The van der Waals surface area contributed by atoms with Gasteiger partial charge >= 0.3 is 0 Å². The predicted molar refractivity (Wildman–Crippen MR) is 51.7 cm³/mol. The van der Waals surface area contributed by atoms with Crippen LogP contribution in [-0.2, 0) is 0 Å². The minimum atomic E-state index is -0.314. The van der Waals surface area contributed by atoms with Gasteiger partial charge in [0, 0.05) is 0 Å². The topological polar surface area (TPSA) is 29.5 Å². The van der Waals surface area contributed by atoms with Crippen LogP contribution in [0.25, 0.3) is 0 Å². The molecule has 0 saturated carbocycles. The minimum Gasteiger partial charge on any atom is -0.469 e. The maximum absolute atomic E-state index is 11.6. The normalized spacial score (nSPS) is 20.9. The number of benzene rings is 1. The highest BCUT2D eigenvalue weighted by atomic mass is 32.1. The number of fused-ring (bicyclic) bond motifs is 1. The van der Waals surface area contributed by atoms with Crippen molar-refractivity contribution in [1.29, 1.82) is 0 Å². The summed E-state index contributed by atoms with van der Waals surface area (Å²) in [7, 11) is 0. The number of ether oxygens (including phenoxy) is 1. The van der Waals surface area contributed by atoms with Crippen molar-refractivity contribution in [2.24, 2.45) is 0 Å². The third-order valence-electron chi connectivity index (χ3n) is 1.97. The van der Waals surface area contributed by atoms with Gasteiger partial charge in [0.2, 0.25) is 0 Å². The van der Waals surface area contributed by atoms with E-state index >= 15 is 0 Å². The SMILES string of the molecule is CC1Oc2ccccc2C(=O)N1S. The van der Waals surface area contributed by atoms with E-state index < -0.39 is 0 Å². The Balaban J connectivity index is 2.49. The molecule has 0 aliphatic carbocycles. The molecule has 1 aromatic rings. The molecule has 1 heterocycles. The van der Waals surface area contributed by atoms with Gasteiger partial charge < -0.3 is 4.74 Å². The number of rotatable bonds is 0. The van der Waals surface area contributed by atoms with Crippen LogP contribution < -0.4 is 4.74 Å². The molecule has 1 amide bonds. The molecule has 2 rings (SSSR count). The second kappa shape index (κ2) is 2.96. The first-order valence-corrected chi connectivity index (χ1v) is 4.38. The van der Waals surface area contributed by atoms with E-state index in [4.69, 9.17) is 4.74 Å². The molecule has 68 valence electrons. The zero-order valence-corrected chi connectivity index (χ0v) is 7.99. The molecular formula is C9H9NO2S. The number of hydrogen-bond acceptors (Lipinski definition) is 3. The van der Waals surface area contributed by atoms with Crippen molar-refractivity contribution in [1.82, 2.24) is 4.31 Å². The molecule has 13 heavy (non-hydrogen) atoms. The van der Waals surface area contributed by atoms with E-state index in [1.807, 2.05) is 6.07 Å². The summed E-state index contributed by atoms with van der Waals surface area (Å²) in [5, 5.41) is 0. The Morgan fingerprint density at radius 2 is 2.15 bits per heavy atom. The Hall–Kier alpha value is -1.16. The van der Waals surface area contributed by atoms with Crippen LogP contribution in [0.3, 0.4) is 0 Å². The van der Waals surface area contributed by atoms with Crippen LogP contribution in [0.2, 0.25) is 0 Å². The zero-order valence-electron chi connectivity index (χ0n) is 7.10. The summed E-state index contributed by atoms with van der Waals surface area (Å²) >= 11 is 4.03. The van der Waals surface area contributed by atoms with E-state index in [0.717, 1.165) is 0 Å². The van der Waals surface area contributed by atoms with Crippen LogP contribution in [0.5, 0.6) is 5.75 Å². The molecule has 1 aliphatic heterocycles. The average molecular weight is 195 g/mol. The van der Waals surface area contributed by atoms with Gasteiger partial charge in [0.05, 0.1) is 5.56 Å². The van der Waals surface area contributed by atoms with Gasteiger partial charge in [0.1, 0.15) is 5.75 Å². The molecule has 3 nitrogen and oxygen atoms in total. The lowest BCUT2D eigenvalue weighted by Crippen LogP contribution is -2.39. The number of nitrogens with zero attached hydrogens (tertiary/aromatic N) is 1. The fourth-order valence-electron chi connectivity index (χ4n) is 1.27. The number of para-hydroxylation sites is 1. The standard InChI is InChI=1S/C9H9NO2S/c1-6-10(13)9(11)7-4-2-3-5-8(7)12-6/h2-6,13H,1H3. The number of carbonyl (C=O) groups is 1. The minimum absolute atomic E-state index is 0.113. The van der Waals surface area contributed by atoms with E-state index in [1.54, 1.807) is 25.1 Å². The first-order chi connectivity index (χ1) is 6.20. The molecule has 0 bridgehead atoms. The summed E-state index contributed by atoms with van der Waals surface area (Å²) in [6.45, 7) is 1.78. The molecule has 0 aromatic heterocycles. The first-order valence-electron chi connectivity index (χ1n) is 3.98. The van der Waals surface area contributed by atoms with Crippen LogP contribution in [-0.4, -0.2) is 16.4 Å². The largest absolute Gasteiger partial charge is 0.469 e. The van der Waals surface area contributed by atoms with Crippen molar-refractivity contribution >= 4 is 18.7 Å². The van der Waals surface area contributed by atoms with Crippen molar-refractivity contribution in [3.63, 3.8) is 0 Å². The van der Waals surface area contributed by atoms with E-state index in [2.05, 4.69) is 12.8 Å². The van der Waals surface area contributed by atoms with Gasteiger partial charge in [-0.15, -0.1) is 0 Å². The highest BCUT2D eigenvalue weighted by molar-refractivity contribution is 7.78. The second-order valence-corrected chi connectivity index (χ2v) is 3.29. The molecule has 0 saturated heterocycles. The molecular weight excluding hydrogens is 186 g/mol. The van der Waals surface area contributed by atoms with Gasteiger partial charge in [0.15, 0.2) is 6.23 Å². The first kappa shape index (κ1) is 8.44. The third-order valence-corrected chi connectivity index (χ3v) is 2.47. The van der Waals surface area contributed by atoms with Crippen molar-refractivity contribution < 1.29 is 9.53 Å². The Bertz CT molecular complexity index is 353. The van der Waals surface area contributed by atoms with E-state index in [-0.39, 0.29) is 12.1 Å². The maximum atomic E-state index is 11.6. The van der Waals surface area contributed by atoms with Gasteiger partial charge in [-0.2, -0.15) is 0 Å². The monoisotopic (exact) mass is 195 g/mol. The number of thiol groups is 1. The lowest BCUT2D eigenvalue weighted by Gasteiger charge is -2.30. The number of amides is 1. The second-order valence-electron chi connectivity index (χ2n) is 2.86. The van der Waals surface area contributed by atoms with Gasteiger partial charge in [-0.1, -0.05) is 24.9 Å². The summed E-state index contributed by atoms with van der Waals surface area (Å²) in [6, 6.07) is 7.15. The highest BCUT2D eigenvalue weighted by Gasteiger charge is 2.28. The molecule has 1 aliphatic rings. The molecule has 0 fully saturated rings. The fourth-order valence-corrected chi connectivity index (χ4v) is 1.42. The summed E-state index contributed by atoms with van der Waals surface area (Å²) in [6.07, 6.45) is -0.314. The van der Waals surface area contributed by atoms with Gasteiger partial charge in [-0.05, 0) is 19.1 Å². The van der Waals surface area contributed by atoms with Crippen LogP contribution in [0.4, 0.5) is 0 Å². The lowest BCUT2D eigenvalue weighted by molar-refractivity contribution is 0.0543. The van der Waals surface area contributed by atoms with Crippen molar-refractivity contribution in [3.05, 3.63) is 29.8 Å². The summed E-state index contributed by atoms with van der Waals surface area (Å²) in [4.78, 5) is 11.6. The zero-order chi connectivity index (χ0) is 9.42. The molecule has 1 atom stereocenters. The van der Waals surface area contributed by atoms with E-state index in [1.165, 1.54) is 4.31 Å². The maximum Gasteiger partial charge on any atom is 0.270 e.